The van der Waals surface area contributed by atoms with E-state index in [-0.39, 0.29) is 18.5 Å². The molecule has 1 aromatic carbocycles. The van der Waals surface area contributed by atoms with Crippen LogP contribution in [0.1, 0.15) is 17.5 Å². The summed E-state index contributed by atoms with van der Waals surface area (Å²) < 4.78 is 10.4. The summed E-state index contributed by atoms with van der Waals surface area (Å²) in [6.07, 6.45) is 0.593. The van der Waals surface area contributed by atoms with E-state index in [4.69, 9.17) is 25.5 Å². The normalized spacial score (nSPS) is 13.2. The number of oxime groups is 1. The first-order chi connectivity index (χ1) is 10.2. The topological polar surface area (TPSA) is 109 Å². The first kappa shape index (κ1) is 17.2. The van der Waals surface area contributed by atoms with E-state index in [1.165, 1.54) is 0 Å². The largest absolute Gasteiger partial charge is 0.496 e. The van der Waals surface area contributed by atoms with Crippen molar-refractivity contribution in [2.45, 2.75) is 19.0 Å². The zero-order chi connectivity index (χ0) is 15.7. The summed E-state index contributed by atoms with van der Waals surface area (Å²) in [6, 6.07) is 5.32. The quantitative estimate of drug-likeness (QED) is 0.225. The van der Waals surface area contributed by atoms with Gasteiger partial charge in [-0.1, -0.05) is 5.16 Å². The highest BCUT2D eigenvalue weighted by atomic mass is 16.5. The van der Waals surface area contributed by atoms with Gasteiger partial charge in [0.1, 0.15) is 5.75 Å². The average molecular weight is 297 g/mol. The molecule has 1 unspecified atom stereocenters. The zero-order valence-corrected chi connectivity index (χ0v) is 12.4. The second-order valence-corrected chi connectivity index (χ2v) is 4.56. The number of aliphatic hydroxyl groups excluding tert-OH is 1. The summed E-state index contributed by atoms with van der Waals surface area (Å²) in [7, 11) is 3.20. The second-order valence-electron chi connectivity index (χ2n) is 4.56. The minimum absolute atomic E-state index is 0.0391. The van der Waals surface area contributed by atoms with E-state index in [1.54, 1.807) is 32.4 Å². The van der Waals surface area contributed by atoms with E-state index < -0.39 is 0 Å². The van der Waals surface area contributed by atoms with Crippen molar-refractivity contribution in [3.8, 4) is 5.75 Å². The van der Waals surface area contributed by atoms with E-state index >= 15 is 0 Å². The fourth-order valence-corrected chi connectivity index (χ4v) is 1.99. The van der Waals surface area contributed by atoms with Crippen molar-refractivity contribution in [2.75, 3.05) is 27.4 Å². The third-order valence-corrected chi connectivity index (χ3v) is 3.11. The van der Waals surface area contributed by atoms with Crippen LogP contribution in [-0.4, -0.2) is 49.6 Å². The maximum Gasteiger partial charge on any atom is 0.170 e. The van der Waals surface area contributed by atoms with Crippen molar-refractivity contribution in [3.05, 3.63) is 29.3 Å². The van der Waals surface area contributed by atoms with Gasteiger partial charge in [0.05, 0.1) is 13.7 Å². The van der Waals surface area contributed by atoms with Gasteiger partial charge in [-0.25, -0.2) is 0 Å². The molecule has 7 nitrogen and oxygen atoms in total. The van der Waals surface area contributed by atoms with Gasteiger partial charge in [-0.15, -0.1) is 0 Å². The van der Waals surface area contributed by atoms with Crippen molar-refractivity contribution >= 4 is 5.84 Å². The molecule has 7 heteroatoms. The number of nitrogens with zero attached hydrogens (tertiary/aromatic N) is 1. The first-order valence-corrected chi connectivity index (χ1v) is 6.64. The molecule has 118 valence electrons. The molecule has 21 heavy (non-hydrogen) atoms. The number of aliphatic hydroxyl groups is 1. The molecule has 0 aliphatic rings. The van der Waals surface area contributed by atoms with Crippen molar-refractivity contribution in [3.63, 3.8) is 0 Å². The number of rotatable bonds is 9. The van der Waals surface area contributed by atoms with E-state index in [9.17, 15) is 0 Å². The predicted molar refractivity (Wildman–Crippen MR) is 79.7 cm³/mol. The van der Waals surface area contributed by atoms with Crippen LogP contribution in [-0.2, 0) is 11.3 Å². The predicted octanol–water partition coefficient (Wildman–Crippen LogP) is 0.277. The number of ether oxygens (including phenoxy) is 2. The van der Waals surface area contributed by atoms with Gasteiger partial charge in [-0.3, -0.25) is 0 Å². The molecular weight excluding hydrogens is 274 g/mol. The lowest BCUT2D eigenvalue weighted by Crippen LogP contribution is -2.33. The van der Waals surface area contributed by atoms with Gasteiger partial charge in [-0.05, 0) is 24.6 Å². The van der Waals surface area contributed by atoms with Crippen molar-refractivity contribution in [1.82, 2.24) is 5.32 Å². The highest BCUT2D eigenvalue weighted by Crippen LogP contribution is 2.20. The lowest BCUT2D eigenvalue weighted by Gasteiger charge is -2.18. The molecule has 0 bridgehead atoms. The number of nitrogens with one attached hydrogen (secondary N) is 1. The number of nitrogens with two attached hydrogens (primary N) is 1. The van der Waals surface area contributed by atoms with Crippen LogP contribution in [0.25, 0.3) is 0 Å². The Balaban J connectivity index is 2.84. The highest BCUT2D eigenvalue weighted by Gasteiger charge is 2.11. The van der Waals surface area contributed by atoms with Crippen LogP contribution in [0.5, 0.6) is 5.75 Å². The first-order valence-electron chi connectivity index (χ1n) is 6.64. The SMILES string of the molecule is COCC(CCO)NCc1cc(/C(N)=N/O)ccc1OC. The Bertz CT molecular complexity index is 460. The number of amidine groups is 1. The lowest BCUT2D eigenvalue weighted by molar-refractivity contribution is 0.148. The molecule has 0 heterocycles. The Morgan fingerprint density at radius 2 is 2.19 bits per heavy atom. The standard InChI is InChI=1S/C14H23N3O4/c1-20-9-12(5-6-18)16-8-11-7-10(14(15)17-19)3-4-13(11)21-2/h3-4,7,12,16,18-19H,5-6,8-9H2,1-2H3,(H2,15,17). The van der Waals surface area contributed by atoms with Gasteiger partial charge < -0.3 is 30.8 Å². The number of benzene rings is 1. The minimum Gasteiger partial charge on any atom is -0.496 e. The molecule has 0 saturated carbocycles. The molecule has 0 aliphatic heterocycles. The average Bonchev–Trinajstić information content (AvgIpc) is 2.52. The maximum atomic E-state index is 9.03. The highest BCUT2D eigenvalue weighted by molar-refractivity contribution is 5.97. The molecule has 0 fully saturated rings. The molecule has 0 spiro atoms. The third kappa shape index (κ3) is 5.22. The van der Waals surface area contributed by atoms with Crippen LogP contribution in [0.4, 0.5) is 0 Å². The van der Waals surface area contributed by atoms with Crippen LogP contribution in [0.15, 0.2) is 23.4 Å². The van der Waals surface area contributed by atoms with Crippen molar-refractivity contribution < 1.29 is 19.8 Å². The minimum atomic E-state index is 0.0391. The third-order valence-electron chi connectivity index (χ3n) is 3.11. The maximum absolute atomic E-state index is 9.03. The molecule has 5 N–H and O–H groups in total. The Morgan fingerprint density at radius 1 is 1.43 bits per heavy atom. The molecule has 0 aromatic heterocycles. The van der Waals surface area contributed by atoms with Crippen molar-refractivity contribution in [2.24, 2.45) is 10.9 Å². The van der Waals surface area contributed by atoms with Gasteiger partial charge in [0.15, 0.2) is 5.84 Å². The molecule has 1 aromatic rings. The molecule has 0 saturated heterocycles. The van der Waals surface area contributed by atoms with E-state index in [2.05, 4.69) is 10.5 Å². The van der Waals surface area contributed by atoms with Crippen LogP contribution in [0.2, 0.25) is 0 Å². The lowest BCUT2D eigenvalue weighted by atomic mass is 10.1. The summed E-state index contributed by atoms with van der Waals surface area (Å²) >= 11 is 0. The van der Waals surface area contributed by atoms with E-state index in [0.29, 0.717) is 30.9 Å². The van der Waals surface area contributed by atoms with Crippen LogP contribution >= 0.6 is 0 Å². The van der Waals surface area contributed by atoms with Gasteiger partial charge >= 0.3 is 0 Å². The fraction of sp³-hybridized carbons (Fsp3) is 0.500. The van der Waals surface area contributed by atoms with E-state index in [1.807, 2.05) is 0 Å². The monoisotopic (exact) mass is 297 g/mol. The van der Waals surface area contributed by atoms with Gasteiger partial charge in [-0.2, -0.15) is 0 Å². The van der Waals surface area contributed by atoms with Gasteiger partial charge in [0.2, 0.25) is 0 Å². The smallest absolute Gasteiger partial charge is 0.170 e. The molecule has 1 rings (SSSR count). The molecule has 0 amide bonds. The molecule has 0 radical (unpaired) electrons. The summed E-state index contributed by atoms with van der Waals surface area (Å²) in [6.45, 7) is 1.11. The van der Waals surface area contributed by atoms with Crippen LogP contribution < -0.4 is 15.8 Å². The fourth-order valence-electron chi connectivity index (χ4n) is 1.99. The van der Waals surface area contributed by atoms with Crippen LogP contribution in [0, 0.1) is 0 Å². The molecule has 1 atom stereocenters. The molecule has 0 aliphatic carbocycles. The summed E-state index contributed by atoms with van der Waals surface area (Å²) in [5, 5.41) is 24.0. The molecular formula is C14H23N3O4. The van der Waals surface area contributed by atoms with Gasteiger partial charge in [0, 0.05) is 37.4 Å². The Kier molecular flexibility index (Phi) is 7.52. The van der Waals surface area contributed by atoms with Gasteiger partial charge in [0.25, 0.3) is 0 Å². The number of methoxy groups -OCH3 is 2. The zero-order valence-electron chi connectivity index (χ0n) is 12.4. The van der Waals surface area contributed by atoms with E-state index in [0.717, 1.165) is 5.56 Å². The Hall–Kier alpha value is -1.83. The summed E-state index contributed by atoms with van der Waals surface area (Å²) in [4.78, 5) is 0. The summed E-state index contributed by atoms with van der Waals surface area (Å²) in [5.41, 5.74) is 7.08. The summed E-state index contributed by atoms with van der Waals surface area (Å²) in [5.74, 6) is 0.750. The second kappa shape index (κ2) is 9.17. The Morgan fingerprint density at radius 3 is 2.76 bits per heavy atom. The Labute approximate surface area is 124 Å². The van der Waals surface area contributed by atoms with Crippen molar-refractivity contribution in [1.29, 1.82) is 0 Å². The number of hydrogen-bond donors (Lipinski definition) is 4. The van der Waals surface area contributed by atoms with Crippen LogP contribution in [0.3, 0.4) is 0 Å². The number of hydrogen-bond acceptors (Lipinski definition) is 6.